The number of rotatable bonds is 6. The number of thioether (sulfide) groups is 1. The first-order valence-electron chi connectivity index (χ1n) is 6.67. The number of carboxylic acid groups (broad SMARTS) is 1. The molecule has 0 heterocycles. The molecule has 1 amide bonds. The summed E-state index contributed by atoms with van der Waals surface area (Å²) in [7, 11) is 0. The Morgan fingerprint density at radius 1 is 1.19 bits per heavy atom. The van der Waals surface area contributed by atoms with Crippen molar-refractivity contribution in [2.45, 2.75) is 24.3 Å². The fraction of sp³-hybridized carbons (Fsp3) is 0.250. The molecule has 2 aromatic rings. The predicted molar refractivity (Wildman–Crippen MR) is 84.5 cm³/mol. The third kappa shape index (κ3) is 4.79. The van der Waals surface area contributed by atoms with E-state index in [1.54, 1.807) is 6.92 Å². The SMILES string of the molecule is CC(CC(=O)O)NC(=O)CSc1ccc2ccccc2c1. The van der Waals surface area contributed by atoms with Gasteiger partial charge in [-0.1, -0.05) is 30.3 Å². The van der Waals surface area contributed by atoms with E-state index in [0.29, 0.717) is 0 Å². The molecule has 0 aliphatic rings. The monoisotopic (exact) mass is 303 g/mol. The van der Waals surface area contributed by atoms with Gasteiger partial charge >= 0.3 is 5.97 Å². The van der Waals surface area contributed by atoms with Crippen molar-refractivity contribution >= 4 is 34.4 Å². The van der Waals surface area contributed by atoms with E-state index in [4.69, 9.17) is 5.11 Å². The van der Waals surface area contributed by atoms with E-state index in [0.717, 1.165) is 10.3 Å². The van der Waals surface area contributed by atoms with Crippen LogP contribution in [0.1, 0.15) is 13.3 Å². The highest BCUT2D eigenvalue weighted by Crippen LogP contribution is 2.23. The van der Waals surface area contributed by atoms with Crippen LogP contribution in [0.2, 0.25) is 0 Å². The molecule has 2 rings (SSSR count). The maximum Gasteiger partial charge on any atom is 0.305 e. The maximum atomic E-state index is 11.7. The molecule has 4 nitrogen and oxygen atoms in total. The van der Waals surface area contributed by atoms with Crippen LogP contribution in [-0.2, 0) is 9.59 Å². The van der Waals surface area contributed by atoms with E-state index in [2.05, 4.69) is 5.32 Å². The van der Waals surface area contributed by atoms with Crippen LogP contribution in [0, 0.1) is 0 Å². The Balaban J connectivity index is 1.89. The van der Waals surface area contributed by atoms with E-state index in [1.165, 1.54) is 17.1 Å². The van der Waals surface area contributed by atoms with Gasteiger partial charge in [0.15, 0.2) is 0 Å². The molecule has 0 saturated heterocycles. The van der Waals surface area contributed by atoms with Gasteiger partial charge in [-0.3, -0.25) is 9.59 Å². The minimum Gasteiger partial charge on any atom is -0.481 e. The third-order valence-electron chi connectivity index (χ3n) is 2.98. The summed E-state index contributed by atoms with van der Waals surface area (Å²) >= 11 is 1.44. The lowest BCUT2D eigenvalue weighted by Gasteiger charge is -2.11. The van der Waals surface area contributed by atoms with Crippen LogP contribution >= 0.6 is 11.8 Å². The number of carbonyl (C=O) groups is 2. The van der Waals surface area contributed by atoms with Crippen molar-refractivity contribution in [1.82, 2.24) is 5.32 Å². The zero-order chi connectivity index (χ0) is 15.2. The molecule has 0 bridgehead atoms. The Bertz CT molecular complexity index is 657. The van der Waals surface area contributed by atoms with E-state index in [1.807, 2.05) is 42.5 Å². The van der Waals surface area contributed by atoms with E-state index in [-0.39, 0.29) is 24.1 Å². The molecule has 110 valence electrons. The second-order valence-electron chi connectivity index (χ2n) is 4.86. The van der Waals surface area contributed by atoms with Crippen LogP contribution < -0.4 is 5.32 Å². The highest BCUT2D eigenvalue weighted by Gasteiger charge is 2.11. The molecule has 1 unspecified atom stereocenters. The number of benzene rings is 2. The maximum absolute atomic E-state index is 11.7. The minimum absolute atomic E-state index is 0.0631. The lowest BCUT2D eigenvalue weighted by Crippen LogP contribution is -2.35. The second-order valence-corrected chi connectivity index (χ2v) is 5.91. The zero-order valence-corrected chi connectivity index (χ0v) is 12.5. The van der Waals surface area contributed by atoms with E-state index < -0.39 is 5.97 Å². The van der Waals surface area contributed by atoms with Crippen LogP contribution in [0.5, 0.6) is 0 Å². The van der Waals surface area contributed by atoms with Crippen molar-refractivity contribution in [2.24, 2.45) is 0 Å². The second kappa shape index (κ2) is 7.13. The van der Waals surface area contributed by atoms with Crippen molar-refractivity contribution in [2.75, 3.05) is 5.75 Å². The summed E-state index contributed by atoms with van der Waals surface area (Å²) in [5.41, 5.74) is 0. The summed E-state index contributed by atoms with van der Waals surface area (Å²) in [4.78, 5) is 23.3. The normalized spacial score (nSPS) is 12.0. The Morgan fingerprint density at radius 3 is 2.62 bits per heavy atom. The Morgan fingerprint density at radius 2 is 1.90 bits per heavy atom. The molecule has 1 atom stereocenters. The van der Waals surface area contributed by atoms with Gasteiger partial charge in [0.05, 0.1) is 12.2 Å². The summed E-state index contributed by atoms with van der Waals surface area (Å²) in [6, 6.07) is 13.8. The number of hydrogen-bond donors (Lipinski definition) is 2. The smallest absolute Gasteiger partial charge is 0.305 e. The number of aliphatic carboxylic acids is 1. The predicted octanol–water partition coefficient (Wildman–Crippen LogP) is 2.91. The molecule has 0 aliphatic carbocycles. The third-order valence-corrected chi connectivity index (χ3v) is 3.97. The topological polar surface area (TPSA) is 66.4 Å². The molecule has 5 heteroatoms. The zero-order valence-electron chi connectivity index (χ0n) is 11.7. The van der Waals surface area contributed by atoms with Crippen molar-refractivity contribution in [3.05, 3.63) is 42.5 Å². The van der Waals surface area contributed by atoms with Crippen LogP contribution in [-0.4, -0.2) is 28.8 Å². The van der Waals surface area contributed by atoms with Gasteiger partial charge in [-0.15, -0.1) is 11.8 Å². The van der Waals surface area contributed by atoms with Crippen molar-refractivity contribution in [1.29, 1.82) is 0 Å². The number of carbonyl (C=O) groups excluding carboxylic acids is 1. The number of fused-ring (bicyclic) bond motifs is 1. The first-order valence-corrected chi connectivity index (χ1v) is 7.66. The van der Waals surface area contributed by atoms with Gasteiger partial charge in [-0.2, -0.15) is 0 Å². The standard InChI is InChI=1S/C16H17NO3S/c1-11(8-16(19)20)17-15(18)10-21-14-7-6-12-4-2-3-5-13(12)9-14/h2-7,9,11H,8,10H2,1H3,(H,17,18)(H,19,20). The largest absolute Gasteiger partial charge is 0.481 e. The summed E-state index contributed by atoms with van der Waals surface area (Å²) in [5, 5.41) is 13.6. The fourth-order valence-corrected chi connectivity index (χ4v) is 2.79. The van der Waals surface area contributed by atoms with Gasteiger partial charge in [0.2, 0.25) is 5.91 Å². The van der Waals surface area contributed by atoms with Crippen molar-refractivity contribution in [3.8, 4) is 0 Å². The van der Waals surface area contributed by atoms with Gasteiger partial charge in [-0.25, -0.2) is 0 Å². The van der Waals surface area contributed by atoms with Crippen LogP contribution in [0.4, 0.5) is 0 Å². The van der Waals surface area contributed by atoms with Gasteiger partial charge in [0.25, 0.3) is 0 Å². The lowest BCUT2D eigenvalue weighted by atomic mass is 10.1. The highest BCUT2D eigenvalue weighted by atomic mass is 32.2. The van der Waals surface area contributed by atoms with Gasteiger partial charge in [0, 0.05) is 10.9 Å². The minimum atomic E-state index is -0.912. The number of nitrogens with one attached hydrogen (secondary N) is 1. The first-order chi connectivity index (χ1) is 10.0. The number of amides is 1. The van der Waals surface area contributed by atoms with Crippen LogP contribution in [0.25, 0.3) is 10.8 Å². The Labute approximate surface area is 127 Å². The summed E-state index contributed by atoms with van der Waals surface area (Å²) in [6.45, 7) is 1.69. The Hall–Kier alpha value is -2.01. The Kier molecular flexibility index (Phi) is 5.22. The molecule has 2 N–H and O–H groups in total. The molecule has 0 saturated carbocycles. The van der Waals surface area contributed by atoms with Gasteiger partial charge in [-0.05, 0) is 29.8 Å². The number of hydrogen-bond acceptors (Lipinski definition) is 3. The van der Waals surface area contributed by atoms with Crippen molar-refractivity contribution < 1.29 is 14.7 Å². The molecule has 0 aromatic heterocycles. The summed E-state index contributed by atoms with van der Waals surface area (Å²) < 4.78 is 0. The molecule has 21 heavy (non-hydrogen) atoms. The average Bonchev–Trinajstić information content (AvgIpc) is 2.44. The van der Waals surface area contributed by atoms with Gasteiger partial charge in [0.1, 0.15) is 0 Å². The lowest BCUT2D eigenvalue weighted by molar-refractivity contribution is -0.137. The number of carboxylic acids is 1. The molecule has 0 fully saturated rings. The quantitative estimate of drug-likeness (QED) is 0.805. The summed E-state index contributed by atoms with van der Waals surface area (Å²) in [6.07, 6.45) is -0.0631. The van der Waals surface area contributed by atoms with Crippen LogP contribution in [0.15, 0.2) is 47.4 Å². The molecule has 2 aromatic carbocycles. The van der Waals surface area contributed by atoms with Crippen molar-refractivity contribution in [3.63, 3.8) is 0 Å². The first kappa shape index (κ1) is 15.4. The molecular formula is C16H17NO3S. The molecule has 0 radical (unpaired) electrons. The fourth-order valence-electron chi connectivity index (χ4n) is 2.04. The average molecular weight is 303 g/mol. The van der Waals surface area contributed by atoms with E-state index in [9.17, 15) is 9.59 Å². The molecular weight excluding hydrogens is 286 g/mol. The molecule has 0 aliphatic heterocycles. The summed E-state index contributed by atoms with van der Waals surface area (Å²) in [5.74, 6) is -0.783. The van der Waals surface area contributed by atoms with Crippen LogP contribution in [0.3, 0.4) is 0 Å². The molecule has 0 spiro atoms. The van der Waals surface area contributed by atoms with Gasteiger partial charge < -0.3 is 10.4 Å². The van der Waals surface area contributed by atoms with E-state index >= 15 is 0 Å². The highest BCUT2D eigenvalue weighted by molar-refractivity contribution is 8.00.